The normalized spacial score (nSPS) is 38.5. The molecule has 0 radical (unpaired) electrons. The van der Waals surface area contributed by atoms with Crippen LogP contribution in [0.25, 0.3) is 0 Å². The van der Waals surface area contributed by atoms with E-state index in [0.717, 1.165) is 0 Å². The number of carboxylic acid groups (broad SMARTS) is 1. The van der Waals surface area contributed by atoms with Gasteiger partial charge in [0.2, 0.25) is 0 Å². The van der Waals surface area contributed by atoms with Crippen molar-refractivity contribution in [1.82, 2.24) is 4.72 Å². The molecule has 2 aliphatic heterocycles. The largest absolute Gasteiger partial charge is 0.479 e. The molecule has 0 aromatic heterocycles. The third-order valence-electron chi connectivity index (χ3n) is 4.67. The molecule has 2 fully saturated rings. The van der Waals surface area contributed by atoms with Crippen molar-refractivity contribution >= 4 is 37.1 Å². The fourth-order valence-corrected chi connectivity index (χ4v) is 4.63. The molecular weight excluding hydrogens is 574 g/mol. The molecule has 2 rings (SSSR count). The lowest BCUT2D eigenvalue weighted by atomic mass is 9.96. The van der Waals surface area contributed by atoms with Crippen LogP contribution in [-0.2, 0) is 58.5 Å². The highest BCUT2D eigenvalue weighted by molar-refractivity contribution is 7.83. The van der Waals surface area contributed by atoms with Crippen molar-refractivity contribution in [3.05, 3.63) is 0 Å². The number of nitrogens with one attached hydrogen (secondary N) is 1. The number of hydrogen-bond acceptors (Lipinski definition) is 16. The Morgan fingerprint density at radius 2 is 1.42 bits per heavy atom. The summed E-state index contributed by atoms with van der Waals surface area (Å²) in [4.78, 5) is 11.3. The Morgan fingerprint density at radius 1 is 0.833 bits per heavy atom. The molecule has 0 saturated carbocycles. The average molecular weight is 595 g/mol. The molecule has 0 spiro atoms. The van der Waals surface area contributed by atoms with E-state index >= 15 is 0 Å². The summed E-state index contributed by atoms with van der Waals surface area (Å²) in [5.74, 6) is -1.94. The van der Waals surface area contributed by atoms with Gasteiger partial charge in [-0.1, -0.05) is 0 Å². The van der Waals surface area contributed by atoms with Crippen LogP contribution in [0, 0.1) is 0 Å². The van der Waals surface area contributed by atoms with Gasteiger partial charge in [0.15, 0.2) is 24.8 Å². The first-order valence-corrected chi connectivity index (χ1v) is 13.3. The maximum absolute atomic E-state index is 11.3. The molecule has 2 heterocycles. The Labute approximate surface area is 201 Å². The number of aliphatic hydroxyl groups is 4. The number of carboxylic acids is 1. The monoisotopic (exact) mass is 595 g/mol. The molecule has 0 aromatic rings. The van der Waals surface area contributed by atoms with Gasteiger partial charge in [-0.15, -0.1) is 0 Å². The summed E-state index contributed by atoms with van der Waals surface area (Å²) in [6, 6.07) is -2.19. The number of rotatable bonds is 10. The summed E-state index contributed by atoms with van der Waals surface area (Å²) < 4.78 is 118. The van der Waals surface area contributed by atoms with E-state index in [9.17, 15) is 50.5 Å². The van der Waals surface area contributed by atoms with Gasteiger partial charge in [-0.25, -0.2) is 13.2 Å². The van der Waals surface area contributed by atoms with Gasteiger partial charge in [-0.05, 0) is 0 Å². The topological polar surface area (TPSA) is 340 Å². The summed E-state index contributed by atoms with van der Waals surface area (Å²) in [7, 11) is -15.8. The van der Waals surface area contributed by atoms with Gasteiger partial charge >= 0.3 is 37.1 Å². The number of ether oxygens (including phenoxy) is 3. The molecule has 0 bridgehead atoms. The third-order valence-corrected chi connectivity index (χ3v) is 6.14. The maximum atomic E-state index is 11.3. The zero-order valence-electron chi connectivity index (χ0n) is 17.2. The Morgan fingerprint density at radius 3 is 1.89 bits per heavy atom. The lowest BCUT2D eigenvalue weighted by Crippen LogP contribution is -2.67. The predicted molar refractivity (Wildman–Crippen MR) is 102 cm³/mol. The molecule has 0 amide bonds. The Kier molecular flexibility index (Phi) is 9.71. The highest BCUT2D eigenvalue weighted by atomic mass is 32.3. The van der Waals surface area contributed by atoms with Crippen molar-refractivity contribution < 1.29 is 91.8 Å². The van der Waals surface area contributed by atoms with Crippen LogP contribution in [0.15, 0.2) is 0 Å². The summed E-state index contributed by atoms with van der Waals surface area (Å²) in [5, 5.41) is 49.7. The highest BCUT2D eigenvalue weighted by Gasteiger charge is 2.54. The van der Waals surface area contributed by atoms with Gasteiger partial charge < -0.3 is 39.7 Å². The summed E-state index contributed by atoms with van der Waals surface area (Å²) in [5.41, 5.74) is 0. The molecule has 24 heteroatoms. The van der Waals surface area contributed by atoms with Crippen molar-refractivity contribution in [1.29, 1.82) is 0 Å². The summed E-state index contributed by atoms with van der Waals surface area (Å²) in [6.45, 7) is -1.29. The van der Waals surface area contributed by atoms with Gasteiger partial charge in [-0.2, -0.15) is 30.0 Å². The quantitative estimate of drug-likeness (QED) is 0.106. The molecule has 10 atom stereocenters. The maximum Gasteiger partial charge on any atom is 0.397 e. The molecular formula is C12H21NO20S3. The first-order valence-electron chi connectivity index (χ1n) is 9.14. The van der Waals surface area contributed by atoms with Crippen LogP contribution in [0.4, 0.5) is 0 Å². The summed E-state index contributed by atoms with van der Waals surface area (Å²) in [6.07, 6.45) is -21.1. The van der Waals surface area contributed by atoms with Crippen LogP contribution < -0.4 is 4.72 Å². The Balaban J connectivity index is 2.46. The second-order valence-corrected chi connectivity index (χ2v) is 10.5. The van der Waals surface area contributed by atoms with Crippen LogP contribution in [0.5, 0.6) is 0 Å². The smallest absolute Gasteiger partial charge is 0.397 e. The first-order chi connectivity index (χ1) is 16.2. The molecule has 0 aliphatic carbocycles. The third kappa shape index (κ3) is 8.41. The molecule has 21 nitrogen and oxygen atoms in total. The summed E-state index contributed by atoms with van der Waals surface area (Å²) >= 11 is 0. The minimum atomic E-state index is -5.47. The predicted octanol–water partition coefficient (Wildman–Crippen LogP) is -6.25. The lowest BCUT2D eigenvalue weighted by molar-refractivity contribution is -0.336. The van der Waals surface area contributed by atoms with Crippen molar-refractivity contribution in [3.8, 4) is 0 Å². The van der Waals surface area contributed by atoms with Crippen molar-refractivity contribution in [2.45, 2.75) is 61.3 Å². The lowest BCUT2D eigenvalue weighted by Gasteiger charge is -2.46. The van der Waals surface area contributed by atoms with Crippen molar-refractivity contribution in [2.75, 3.05) is 6.61 Å². The fraction of sp³-hybridized carbons (Fsp3) is 0.917. The number of carbonyl (C=O) groups is 1. The van der Waals surface area contributed by atoms with E-state index in [1.807, 2.05) is 0 Å². The van der Waals surface area contributed by atoms with E-state index in [1.54, 1.807) is 0 Å². The second-order valence-electron chi connectivity index (χ2n) is 7.22. The van der Waals surface area contributed by atoms with E-state index in [-0.39, 0.29) is 0 Å². The SMILES string of the molecule is O=C(O)[C@@H]1O[C@H](O[C@H]2[C@@H](O)[C@H](NS(=O)(=O)O)[C@H](O)O[C@H]2COS(=O)(=O)O)[C@@H](OS(=O)(=O)O)[C@H](O)[C@H]1O. The Hall–Kier alpha value is -1.20. The molecule has 0 unspecified atom stereocenters. The van der Waals surface area contributed by atoms with E-state index in [4.69, 9.17) is 33.0 Å². The molecule has 0 aromatic carbocycles. The zero-order valence-corrected chi connectivity index (χ0v) is 19.6. The van der Waals surface area contributed by atoms with Gasteiger partial charge in [0.25, 0.3) is 0 Å². The molecule has 36 heavy (non-hydrogen) atoms. The molecule has 2 aliphatic rings. The second kappa shape index (κ2) is 11.3. The van der Waals surface area contributed by atoms with Gasteiger partial charge in [0.05, 0.1) is 6.61 Å². The number of aliphatic carboxylic acids is 1. The van der Waals surface area contributed by atoms with Crippen molar-refractivity contribution in [3.63, 3.8) is 0 Å². The number of aliphatic hydroxyl groups excluding tert-OH is 4. The van der Waals surface area contributed by atoms with E-state index < -0.39 is 105 Å². The average Bonchev–Trinajstić information content (AvgIpc) is 2.68. The van der Waals surface area contributed by atoms with E-state index in [2.05, 4.69) is 8.37 Å². The number of hydrogen-bond donors (Lipinski definition) is 9. The van der Waals surface area contributed by atoms with Crippen LogP contribution >= 0.6 is 0 Å². The minimum absolute atomic E-state index is 1.29. The van der Waals surface area contributed by atoms with Crippen LogP contribution in [0.2, 0.25) is 0 Å². The molecule has 212 valence electrons. The fourth-order valence-electron chi connectivity index (χ4n) is 3.24. The van der Waals surface area contributed by atoms with E-state index in [1.165, 1.54) is 4.72 Å². The van der Waals surface area contributed by atoms with Gasteiger partial charge in [0.1, 0.15) is 36.6 Å². The van der Waals surface area contributed by atoms with Crippen LogP contribution in [-0.4, -0.2) is 138 Å². The zero-order chi connectivity index (χ0) is 27.8. The standard InChI is InChI=1S/C12H21NO20S3/c14-4-3(13-34(20,21)22)11(19)30-2(1-29-35(23,24)25)7(4)31-12-9(33-36(26,27)28)6(16)5(15)8(32-12)10(17)18/h2-9,11-16,19H,1H2,(H,17,18)(H,20,21,22)(H,23,24,25)(H,26,27,28)/t2-,3-,4-,5+,6+,7+,8+,9-,11+,12-/m0/s1. The van der Waals surface area contributed by atoms with Gasteiger partial charge in [-0.3, -0.25) is 13.7 Å². The highest BCUT2D eigenvalue weighted by Crippen LogP contribution is 2.31. The molecule has 2 saturated heterocycles. The minimum Gasteiger partial charge on any atom is -0.479 e. The molecule has 9 N–H and O–H groups in total. The van der Waals surface area contributed by atoms with E-state index in [0.29, 0.717) is 0 Å². The van der Waals surface area contributed by atoms with Crippen LogP contribution in [0.3, 0.4) is 0 Å². The van der Waals surface area contributed by atoms with Gasteiger partial charge in [0, 0.05) is 0 Å². The first kappa shape index (κ1) is 31.0. The van der Waals surface area contributed by atoms with Crippen molar-refractivity contribution in [2.24, 2.45) is 0 Å². The van der Waals surface area contributed by atoms with Crippen LogP contribution in [0.1, 0.15) is 0 Å². The Bertz CT molecular complexity index is 1100.